The van der Waals surface area contributed by atoms with E-state index in [9.17, 15) is 9.18 Å². The van der Waals surface area contributed by atoms with Crippen LogP contribution in [-0.4, -0.2) is 29.9 Å². The van der Waals surface area contributed by atoms with Crippen molar-refractivity contribution in [2.24, 2.45) is 5.73 Å². The number of carbonyl (C=O) groups excluding carboxylic acids is 1. The topological polar surface area (TPSA) is 46.3 Å². The quantitative estimate of drug-likeness (QED) is 0.851. The summed E-state index contributed by atoms with van der Waals surface area (Å²) in [6, 6.07) is 4.65. The van der Waals surface area contributed by atoms with Crippen LogP contribution in [0.5, 0.6) is 0 Å². The minimum Gasteiger partial charge on any atom is -0.337 e. The monoisotopic (exact) mass is 272 g/mol. The molecule has 3 nitrogen and oxygen atoms in total. The molecule has 1 heterocycles. The summed E-state index contributed by atoms with van der Waals surface area (Å²) in [6.07, 6.45) is 1.87. The zero-order valence-corrected chi connectivity index (χ0v) is 11.2. The highest BCUT2D eigenvalue weighted by Gasteiger charge is 2.22. The average molecular weight is 273 g/mol. The second-order valence-electron chi connectivity index (χ2n) is 4.62. The number of hydrogen-bond acceptors (Lipinski definition) is 2. The third-order valence-electron chi connectivity index (χ3n) is 3.16. The van der Waals surface area contributed by atoms with Gasteiger partial charge in [-0.05, 0) is 37.5 Å². The summed E-state index contributed by atoms with van der Waals surface area (Å²) in [6.45, 7) is 2.96. The molecule has 1 amide bonds. The van der Waals surface area contributed by atoms with Gasteiger partial charge >= 0.3 is 0 Å². The van der Waals surface area contributed by atoms with Crippen LogP contribution in [0.15, 0.2) is 18.2 Å². The number of nitrogens with zero attached hydrogens (tertiary/aromatic N) is 1. The van der Waals surface area contributed by atoms with Crippen molar-refractivity contribution < 1.29 is 9.18 Å². The largest absolute Gasteiger partial charge is 0.337 e. The lowest BCUT2D eigenvalue weighted by Crippen LogP contribution is -2.45. The molecule has 1 aliphatic heterocycles. The van der Waals surface area contributed by atoms with Crippen LogP contribution in [0.25, 0.3) is 0 Å². The Morgan fingerprint density at radius 2 is 2.22 bits per heavy atom. The summed E-state index contributed by atoms with van der Waals surface area (Å²) in [5.41, 5.74) is 6.78. The Morgan fingerprint density at radius 3 is 2.83 bits per heavy atom. The van der Waals surface area contributed by atoms with Crippen molar-refractivity contribution in [1.82, 2.24) is 4.90 Å². The highest BCUT2D eigenvalue weighted by molar-refractivity contribution is 5.94. The lowest BCUT2D eigenvalue weighted by atomic mass is 10.0. The van der Waals surface area contributed by atoms with Crippen molar-refractivity contribution in [2.75, 3.05) is 13.1 Å². The van der Waals surface area contributed by atoms with Crippen molar-refractivity contribution >= 4 is 18.3 Å². The molecule has 0 bridgehead atoms. The Balaban J connectivity index is 0.00000162. The minimum absolute atomic E-state index is 0. The summed E-state index contributed by atoms with van der Waals surface area (Å²) >= 11 is 0. The van der Waals surface area contributed by atoms with Crippen molar-refractivity contribution in [3.8, 4) is 0 Å². The first kappa shape index (κ1) is 14.9. The maximum absolute atomic E-state index is 13.4. The summed E-state index contributed by atoms with van der Waals surface area (Å²) in [5, 5.41) is 0. The second kappa shape index (κ2) is 6.16. The fourth-order valence-electron chi connectivity index (χ4n) is 2.10. The molecule has 0 spiro atoms. The Labute approximate surface area is 113 Å². The van der Waals surface area contributed by atoms with Gasteiger partial charge in [-0.25, -0.2) is 4.39 Å². The lowest BCUT2D eigenvalue weighted by molar-refractivity contribution is 0.0708. The zero-order valence-electron chi connectivity index (χ0n) is 10.4. The van der Waals surface area contributed by atoms with Crippen LogP contribution in [-0.2, 0) is 0 Å². The molecule has 1 fully saturated rings. The summed E-state index contributed by atoms with van der Waals surface area (Å²) in [5.74, 6) is -0.462. The third kappa shape index (κ3) is 3.21. The van der Waals surface area contributed by atoms with Crippen LogP contribution in [0, 0.1) is 12.7 Å². The van der Waals surface area contributed by atoms with Gasteiger partial charge in [0.2, 0.25) is 0 Å². The highest BCUT2D eigenvalue weighted by atomic mass is 35.5. The number of benzene rings is 1. The van der Waals surface area contributed by atoms with Crippen LogP contribution in [0.1, 0.15) is 28.8 Å². The fourth-order valence-corrected chi connectivity index (χ4v) is 2.10. The molecule has 1 aromatic carbocycles. The van der Waals surface area contributed by atoms with Crippen LogP contribution in [0.2, 0.25) is 0 Å². The van der Waals surface area contributed by atoms with E-state index in [-0.39, 0.29) is 30.2 Å². The molecule has 100 valence electrons. The van der Waals surface area contributed by atoms with E-state index in [0.717, 1.165) is 12.8 Å². The minimum atomic E-state index is -0.336. The molecule has 0 saturated carbocycles. The Hall–Kier alpha value is -1.13. The fraction of sp³-hybridized carbons (Fsp3) is 0.462. The van der Waals surface area contributed by atoms with Gasteiger partial charge in [0.25, 0.3) is 5.91 Å². The van der Waals surface area contributed by atoms with Crippen LogP contribution in [0.3, 0.4) is 0 Å². The van der Waals surface area contributed by atoms with E-state index in [0.29, 0.717) is 24.2 Å². The van der Waals surface area contributed by atoms with E-state index in [1.54, 1.807) is 24.0 Å². The molecular formula is C13H18ClFN2O. The van der Waals surface area contributed by atoms with Crippen molar-refractivity contribution in [3.63, 3.8) is 0 Å². The number of amides is 1. The number of rotatable bonds is 1. The Morgan fingerprint density at radius 1 is 1.50 bits per heavy atom. The molecule has 0 unspecified atom stereocenters. The SMILES string of the molecule is Cc1ccc(C(=O)N2CCC[C@@H](N)C2)cc1F.Cl. The van der Waals surface area contributed by atoms with Gasteiger partial charge in [0.15, 0.2) is 0 Å². The molecule has 1 atom stereocenters. The number of halogens is 2. The number of likely N-dealkylation sites (tertiary alicyclic amines) is 1. The third-order valence-corrected chi connectivity index (χ3v) is 3.16. The predicted octanol–water partition coefficient (Wildman–Crippen LogP) is 2.12. The maximum atomic E-state index is 13.4. The molecule has 0 aromatic heterocycles. The second-order valence-corrected chi connectivity index (χ2v) is 4.62. The van der Waals surface area contributed by atoms with Crippen LogP contribution in [0.4, 0.5) is 4.39 Å². The van der Waals surface area contributed by atoms with E-state index in [1.807, 2.05) is 0 Å². The average Bonchev–Trinajstić information content (AvgIpc) is 2.32. The van der Waals surface area contributed by atoms with E-state index < -0.39 is 0 Å². The van der Waals surface area contributed by atoms with Crippen LogP contribution < -0.4 is 5.73 Å². The van der Waals surface area contributed by atoms with E-state index in [1.165, 1.54) is 6.07 Å². The van der Waals surface area contributed by atoms with Crippen molar-refractivity contribution in [3.05, 3.63) is 35.1 Å². The highest BCUT2D eigenvalue weighted by Crippen LogP contribution is 2.15. The van der Waals surface area contributed by atoms with Gasteiger partial charge in [0.1, 0.15) is 5.82 Å². The van der Waals surface area contributed by atoms with E-state index >= 15 is 0 Å². The first-order valence-corrected chi connectivity index (χ1v) is 5.89. The van der Waals surface area contributed by atoms with Crippen molar-refractivity contribution in [2.45, 2.75) is 25.8 Å². The molecule has 18 heavy (non-hydrogen) atoms. The van der Waals surface area contributed by atoms with E-state index in [4.69, 9.17) is 5.73 Å². The van der Waals surface area contributed by atoms with Gasteiger partial charge in [-0.2, -0.15) is 0 Å². The molecule has 1 aliphatic rings. The summed E-state index contributed by atoms with van der Waals surface area (Å²) in [4.78, 5) is 13.8. The maximum Gasteiger partial charge on any atom is 0.254 e. The number of nitrogens with two attached hydrogens (primary N) is 1. The number of aryl methyl sites for hydroxylation is 1. The van der Waals surface area contributed by atoms with Gasteiger partial charge in [0.05, 0.1) is 0 Å². The standard InChI is InChI=1S/C13H17FN2O.ClH/c1-9-4-5-10(7-12(9)14)13(17)16-6-2-3-11(15)8-16;/h4-5,7,11H,2-3,6,8,15H2,1H3;1H/t11-;/m1./s1. The summed E-state index contributed by atoms with van der Waals surface area (Å²) < 4.78 is 13.4. The van der Waals surface area contributed by atoms with Gasteiger partial charge in [-0.3, -0.25) is 4.79 Å². The zero-order chi connectivity index (χ0) is 12.4. The molecule has 2 rings (SSSR count). The molecule has 1 saturated heterocycles. The molecular weight excluding hydrogens is 255 g/mol. The number of hydrogen-bond donors (Lipinski definition) is 1. The molecule has 2 N–H and O–H groups in total. The van der Waals surface area contributed by atoms with Gasteiger partial charge in [0, 0.05) is 24.7 Å². The molecule has 0 aliphatic carbocycles. The first-order chi connectivity index (χ1) is 8.08. The van der Waals surface area contributed by atoms with Gasteiger partial charge in [-0.15, -0.1) is 12.4 Å². The van der Waals surface area contributed by atoms with Crippen molar-refractivity contribution in [1.29, 1.82) is 0 Å². The van der Waals surface area contributed by atoms with Gasteiger partial charge in [-0.1, -0.05) is 6.07 Å². The normalized spacial score (nSPS) is 19.3. The predicted molar refractivity (Wildman–Crippen MR) is 71.5 cm³/mol. The number of carbonyl (C=O) groups is 1. The molecule has 1 aromatic rings. The Bertz CT molecular complexity index is 439. The lowest BCUT2D eigenvalue weighted by Gasteiger charge is -2.30. The summed E-state index contributed by atoms with van der Waals surface area (Å²) in [7, 11) is 0. The smallest absolute Gasteiger partial charge is 0.254 e. The van der Waals surface area contributed by atoms with E-state index in [2.05, 4.69) is 0 Å². The molecule has 5 heteroatoms. The van der Waals surface area contributed by atoms with Gasteiger partial charge < -0.3 is 10.6 Å². The molecule has 0 radical (unpaired) electrons. The Kier molecular flexibility index (Phi) is 5.11. The van der Waals surface area contributed by atoms with Crippen LogP contribution >= 0.6 is 12.4 Å². The first-order valence-electron chi connectivity index (χ1n) is 5.89. The number of piperidine rings is 1.